The standard InChI is InChI=1S/C9H18N2O/c1-6(2)11-9(12)5-10-8-4-7(8)3/h6-8,10H,4-5H2,1-3H3,(H,11,12). The average molecular weight is 170 g/mol. The summed E-state index contributed by atoms with van der Waals surface area (Å²) in [5.74, 6) is 0.862. The van der Waals surface area contributed by atoms with E-state index in [2.05, 4.69) is 17.6 Å². The Hall–Kier alpha value is -0.570. The van der Waals surface area contributed by atoms with Crippen molar-refractivity contribution in [1.29, 1.82) is 0 Å². The van der Waals surface area contributed by atoms with Gasteiger partial charge in [0, 0.05) is 12.1 Å². The zero-order chi connectivity index (χ0) is 9.14. The Morgan fingerprint density at radius 3 is 2.58 bits per heavy atom. The number of rotatable bonds is 4. The Kier molecular flexibility index (Phi) is 3.09. The zero-order valence-corrected chi connectivity index (χ0v) is 8.05. The largest absolute Gasteiger partial charge is 0.353 e. The predicted octanol–water partition coefficient (Wildman–Crippen LogP) is 0.509. The molecule has 2 N–H and O–H groups in total. The number of hydrogen-bond acceptors (Lipinski definition) is 2. The molecule has 0 aliphatic heterocycles. The first-order valence-electron chi connectivity index (χ1n) is 4.62. The summed E-state index contributed by atoms with van der Waals surface area (Å²) < 4.78 is 0. The van der Waals surface area contributed by atoms with Gasteiger partial charge in [-0.3, -0.25) is 4.79 Å². The van der Waals surface area contributed by atoms with Crippen LogP contribution < -0.4 is 10.6 Å². The molecular weight excluding hydrogens is 152 g/mol. The molecule has 0 aromatic rings. The Bertz CT molecular complexity index is 168. The van der Waals surface area contributed by atoms with Crippen molar-refractivity contribution in [2.75, 3.05) is 6.54 Å². The van der Waals surface area contributed by atoms with Crippen molar-refractivity contribution in [3.05, 3.63) is 0 Å². The molecule has 0 aromatic carbocycles. The molecule has 3 nitrogen and oxygen atoms in total. The highest BCUT2D eigenvalue weighted by molar-refractivity contribution is 5.78. The lowest BCUT2D eigenvalue weighted by Gasteiger charge is -2.08. The molecule has 12 heavy (non-hydrogen) atoms. The molecule has 1 fully saturated rings. The second-order valence-electron chi connectivity index (χ2n) is 3.92. The molecule has 3 heteroatoms. The second-order valence-corrected chi connectivity index (χ2v) is 3.92. The fourth-order valence-corrected chi connectivity index (χ4v) is 1.20. The summed E-state index contributed by atoms with van der Waals surface area (Å²) in [4.78, 5) is 11.1. The first-order chi connectivity index (χ1) is 5.59. The summed E-state index contributed by atoms with van der Waals surface area (Å²) >= 11 is 0. The van der Waals surface area contributed by atoms with Crippen LogP contribution >= 0.6 is 0 Å². The number of hydrogen-bond donors (Lipinski definition) is 2. The highest BCUT2D eigenvalue weighted by atomic mass is 16.1. The number of amides is 1. The maximum absolute atomic E-state index is 11.1. The van der Waals surface area contributed by atoms with Crippen LogP contribution in [0.4, 0.5) is 0 Å². The molecular formula is C9H18N2O. The molecule has 2 unspecified atom stereocenters. The minimum Gasteiger partial charge on any atom is -0.353 e. The van der Waals surface area contributed by atoms with Gasteiger partial charge in [0.1, 0.15) is 0 Å². The molecule has 70 valence electrons. The molecule has 1 rings (SSSR count). The lowest BCUT2D eigenvalue weighted by atomic mass is 10.4. The van der Waals surface area contributed by atoms with Crippen LogP contribution in [-0.4, -0.2) is 24.5 Å². The van der Waals surface area contributed by atoms with E-state index in [1.165, 1.54) is 6.42 Å². The molecule has 1 saturated carbocycles. The minimum absolute atomic E-state index is 0.101. The van der Waals surface area contributed by atoms with Crippen LogP contribution in [0.25, 0.3) is 0 Å². The van der Waals surface area contributed by atoms with Crippen molar-refractivity contribution in [3.8, 4) is 0 Å². The summed E-state index contributed by atoms with van der Waals surface area (Å²) in [6.45, 7) is 6.60. The molecule has 2 atom stereocenters. The predicted molar refractivity (Wildman–Crippen MR) is 48.9 cm³/mol. The van der Waals surface area contributed by atoms with Gasteiger partial charge in [0.25, 0.3) is 0 Å². The molecule has 0 bridgehead atoms. The van der Waals surface area contributed by atoms with Crippen molar-refractivity contribution in [2.24, 2.45) is 5.92 Å². The monoisotopic (exact) mass is 170 g/mol. The molecule has 0 heterocycles. The third-order valence-corrected chi connectivity index (χ3v) is 2.08. The summed E-state index contributed by atoms with van der Waals surface area (Å²) in [6, 6.07) is 0.832. The van der Waals surface area contributed by atoms with E-state index >= 15 is 0 Å². The van der Waals surface area contributed by atoms with Gasteiger partial charge >= 0.3 is 0 Å². The van der Waals surface area contributed by atoms with Crippen molar-refractivity contribution in [1.82, 2.24) is 10.6 Å². The molecule has 0 aromatic heterocycles. The van der Waals surface area contributed by atoms with Crippen molar-refractivity contribution >= 4 is 5.91 Å². The maximum atomic E-state index is 11.1. The Morgan fingerprint density at radius 1 is 1.58 bits per heavy atom. The Morgan fingerprint density at radius 2 is 2.17 bits per heavy atom. The third-order valence-electron chi connectivity index (χ3n) is 2.08. The molecule has 0 spiro atoms. The molecule has 0 saturated heterocycles. The minimum atomic E-state index is 0.101. The number of carbonyl (C=O) groups is 1. The van der Waals surface area contributed by atoms with Gasteiger partial charge in [-0.2, -0.15) is 0 Å². The highest BCUT2D eigenvalue weighted by Crippen LogP contribution is 2.28. The topological polar surface area (TPSA) is 41.1 Å². The van der Waals surface area contributed by atoms with Crippen molar-refractivity contribution in [3.63, 3.8) is 0 Å². The van der Waals surface area contributed by atoms with Gasteiger partial charge < -0.3 is 10.6 Å². The lowest BCUT2D eigenvalue weighted by Crippen LogP contribution is -2.38. The van der Waals surface area contributed by atoms with Crippen LogP contribution in [0, 0.1) is 5.92 Å². The SMILES string of the molecule is CC(C)NC(=O)CNC1CC1C. The summed E-state index contributed by atoms with van der Waals surface area (Å²) in [6.07, 6.45) is 1.22. The van der Waals surface area contributed by atoms with Crippen LogP contribution in [0.2, 0.25) is 0 Å². The van der Waals surface area contributed by atoms with Gasteiger partial charge in [0.05, 0.1) is 6.54 Å². The van der Waals surface area contributed by atoms with Crippen molar-refractivity contribution in [2.45, 2.75) is 39.3 Å². The van der Waals surface area contributed by atoms with Gasteiger partial charge in [-0.15, -0.1) is 0 Å². The van der Waals surface area contributed by atoms with E-state index in [-0.39, 0.29) is 11.9 Å². The van der Waals surface area contributed by atoms with Crippen LogP contribution in [0.3, 0.4) is 0 Å². The Labute approximate surface area is 73.9 Å². The fraction of sp³-hybridized carbons (Fsp3) is 0.889. The zero-order valence-electron chi connectivity index (χ0n) is 8.05. The van der Waals surface area contributed by atoms with Crippen LogP contribution in [0.5, 0.6) is 0 Å². The van der Waals surface area contributed by atoms with Crippen LogP contribution in [0.15, 0.2) is 0 Å². The van der Waals surface area contributed by atoms with Crippen LogP contribution in [0.1, 0.15) is 27.2 Å². The van der Waals surface area contributed by atoms with Gasteiger partial charge in [0.2, 0.25) is 5.91 Å². The van der Waals surface area contributed by atoms with Gasteiger partial charge in [-0.1, -0.05) is 6.92 Å². The third kappa shape index (κ3) is 3.22. The summed E-state index contributed by atoms with van der Waals surface area (Å²) in [7, 11) is 0. The molecule has 1 aliphatic carbocycles. The van der Waals surface area contributed by atoms with E-state index in [4.69, 9.17) is 0 Å². The molecule has 1 aliphatic rings. The highest BCUT2D eigenvalue weighted by Gasteiger charge is 2.32. The van der Waals surface area contributed by atoms with E-state index < -0.39 is 0 Å². The van der Waals surface area contributed by atoms with E-state index in [0.29, 0.717) is 12.6 Å². The first-order valence-corrected chi connectivity index (χ1v) is 4.62. The first kappa shape index (κ1) is 9.52. The van der Waals surface area contributed by atoms with Crippen molar-refractivity contribution < 1.29 is 4.79 Å². The smallest absolute Gasteiger partial charge is 0.234 e. The van der Waals surface area contributed by atoms with E-state index in [9.17, 15) is 4.79 Å². The normalized spacial score (nSPS) is 27.3. The number of carbonyl (C=O) groups excluding carboxylic acids is 1. The van der Waals surface area contributed by atoms with Gasteiger partial charge in [-0.05, 0) is 26.2 Å². The lowest BCUT2D eigenvalue weighted by molar-refractivity contribution is -0.120. The van der Waals surface area contributed by atoms with E-state index in [1.807, 2.05) is 13.8 Å². The average Bonchev–Trinajstić information content (AvgIpc) is 2.61. The second kappa shape index (κ2) is 3.90. The summed E-state index contributed by atoms with van der Waals surface area (Å²) in [5, 5.41) is 6.04. The van der Waals surface area contributed by atoms with E-state index in [1.54, 1.807) is 0 Å². The quantitative estimate of drug-likeness (QED) is 0.645. The summed E-state index contributed by atoms with van der Waals surface area (Å²) in [5.41, 5.74) is 0. The fourth-order valence-electron chi connectivity index (χ4n) is 1.20. The molecule has 1 amide bonds. The number of nitrogens with one attached hydrogen (secondary N) is 2. The Balaban J connectivity index is 2.03. The maximum Gasteiger partial charge on any atom is 0.234 e. The van der Waals surface area contributed by atoms with Gasteiger partial charge in [0.15, 0.2) is 0 Å². The van der Waals surface area contributed by atoms with Gasteiger partial charge in [-0.25, -0.2) is 0 Å². The van der Waals surface area contributed by atoms with E-state index in [0.717, 1.165) is 5.92 Å². The van der Waals surface area contributed by atoms with Crippen LogP contribution in [-0.2, 0) is 4.79 Å². The molecule has 0 radical (unpaired) electrons.